The van der Waals surface area contributed by atoms with E-state index in [1.165, 1.54) is 12.8 Å². The van der Waals surface area contributed by atoms with Gasteiger partial charge >= 0.3 is 0 Å². The van der Waals surface area contributed by atoms with Gasteiger partial charge < -0.3 is 20.1 Å². The first kappa shape index (κ1) is 16.9. The molecule has 0 aliphatic carbocycles. The van der Waals surface area contributed by atoms with Gasteiger partial charge in [0.1, 0.15) is 0 Å². The summed E-state index contributed by atoms with van der Waals surface area (Å²) in [6.45, 7) is 4.79. The number of guanidine groups is 1. The van der Waals surface area contributed by atoms with Crippen molar-refractivity contribution in [2.75, 3.05) is 27.3 Å². The third kappa shape index (κ3) is 4.06. The predicted molar refractivity (Wildman–Crippen MR) is 92.5 cm³/mol. The van der Waals surface area contributed by atoms with Crippen LogP contribution in [0.25, 0.3) is 0 Å². The minimum Gasteiger partial charge on any atom is -0.493 e. The Morgan fingerprint density at radius 3 is 2.59 bits per heavy atom. The van der Waals surface area contributed by atoms with Crippen LogP contribution in [-0.4, -0.2) is 38.2 Å². The van der Waals surface area contributed by atoms with Crippen molar-refractivity contribution < 1.29 is 9.47 Å². The molecule has 0 aromatic heterocycles. The molecule has 122 valence electrons. The molecule has 0 unspecified atom stereocenters. The summed E-state index contributed by atoms with van der Waals surface area (Å²) in [5.74, 6) is 2.78. The number of hydrogen-bond acceptors (Lipinski definition) is 3. The minimum atomic E-state index is 0.525. The topological polar surface area (TPSA) is 60.1 Å². The highest BCUT2D eigenvalue weighted by atomic mass is 79.9. The number of rotatable bonds is 4. The quantitative estimate of drug-likeness (QED) is 0.654. The van der Waals surface area contributed by atoms with Crippen molar-refractivity contribution in [3.63, 3.8) is 0 Å². The molecule has 6 heteroatoms. The standard InChI is InChI=1S/C16H24BrN3O2/c1-11-4-6-20(7-5-11)16(18)19-10-12-8-13(17)15(22-3)14(9-12)21-2/h8-9,11H,4-7,10H2,1-3H3,(H2,18,19). The normalized spacial score (nSPS) is 16.7. The first-order valence-electron chi connectivity index (χ1n) is 7.50. The van der Waals surface area contributed by atoms with E-state index in [1.807, 2.05) is 12.1 Å². The highest BCUT2D eigenvalue weighted by Crippen LogP contribution is 2.36. The molecule has 0 saturated carbocycles. The van der Waals surface area contributed by atoms with Crippen molar-refractivity contribution in [1.29, 1.82) is 0 Å². The molecular weight excluding hydrogens is 346 g/mol. The number of ether oxygens (including phenoxy) is 2. The second kappa shape index (κ2) is 7.72. The molecular formula is C16H24BrN3O2. The summed E-state index contributed by atoms with van der Waals surface area (Å²) in [5, 5.41) is 0. The highest BCUT2D eigenvalue weighted by Gasteiger charge is 2.17. The molecule has 0 radical (unpaired) electrons. The fourth-order valence-electron chi connectivity index (χ4n) is 2.57. The zero-order valence-electron chi connectivity index (χ0n) is 13.4. The molecule has 22 heavy (non-hydrogen) atoms. The van der Waals surface area contributed by atoms with Crippen molar-refractivity contribution >= 4 is 21.9 Å². The van der Waals surface area contributed by atoms with Crippen LogP contribution in [0, 0.1) is 5.92 Å². The van der Waals surface area contributed by atoms with E-state index in [4.69, 9.17) is 15.2 Å². The molecule has 0 atom stereocenters. The number of nitrogens with two attached hydrogens (primary N) is 1. The Kier molecular flexibility index (Phi) is 5.94. The van der Waals surface area contributed by atoms with Crippen molar-refractivity contribution in [3.05, 3.63) is 22.2 Å². The van der Waals surface area contributed by atoms with E-state index >= 15 is 0 Å². The van der Waals surface area contributed by atoms with Gasteiger partial charge in [-0.2, -0.15) is 0 Å². The number of piperidine rings is 1. The lowest BCUT2D eigenvalue weighted by atomic mass is 10.00. The SMILES string of the molecule is COc1cc(CN=C(N)N2CCC(C)CC2)cc(Br)c1OC. The summed E-state index contributed by atoms with van der Waals surface area (Å²) in [7, 11) is 3.25. The van der Waals surface area contributed by atoms with Crippen molar-refractivity contribution in [2.24, 2.45) is 16.6 Å². The zero-order chi connectivity index (χ0) is 16.1. The molecule has 2 rings (SSSR count). The van der Waals surface area contributed by atoms with Gasteiger partial charge in [-0.3, -0.25) is 0 Å². The number of methoxy groups -OCH3 is 2. The molecule has 1 fully saturated rings. The second-order valence-corrected chi connectivity index (χ2v) is 6.51. The lowest BCUT2D eigenvalue weighted by Crippen LogP contribution is -2.42. The number of hydrogen-bond donors (Lipinski definition) is 1. The van der Waals surface area contributed by atoms with Crippen LogP contribution in [0.2, 0.25) is 0 Å². The Hall–Kier alpha value is -1.43. The van der Waals surface area contributed by atoms with Crippen LogP contribution in [0.15, 0.2) is 21.6 Å². The van der Waals surface area contributed by atoms with Gasteiger partial charge in [-0.05, 0) is 52.4 Å². The fraction of sp³-hybridized carbons (Fsp3) is 0.562. The number of benzene rings is 1. The molecule has 1 heterocycles. The molecule has 0 bridgehead atoms. The predicted octanol–water partition coefficient (Wildman–Crippen LogP) is 3.01. The Morgan fingerprint density at radius 2 is 2.00 bits per heavy atom. The van der Waals surface area contributed by atoms with Crippen LogP contribution in [0.1, 0.15) is 25.3 Å². The third-order valence-electron chi connectivity index (χ3n) is 4.02. The number of aliphatic imine (C=N–C) groups is 1. The first-order chi connectivity index (χ1) is 10.5. The van der Waals surface area contributed by atoms with Crippen LogP contribution in [0.3, 0.4) is 0 Å². The smallest absolute Gasteiger partial charge is 0.191 e. The van der Waals surface area contributed by atoms with E-state index in [0.717, 1.165) is 29.0 Å². The lowest BCUT2D eigenvalue weighted by Gasteiger charge is -2.31. The number of nitrogens with zero attached hydrogens (tertiary/aromatic N) is 2. The monoisotopic (exact) mass is 369 g/mol. The van der Waals surface area contributed by atoms with E-state index in [9.17, 15) is 0 Å². The van der Waals surface area contributed by atoms with Gasteiger partial charge in [-0.25, -0.2) is 4.99 Å². The maximum absolute atomic E-state index is 6.11. The average Bonchev–Trinajstić information content (AvgIpc) is 2.52. The van der Waals surface area contributed by atoms with E-state index < -0.39 is 0 Å². The van der Waals surface area contributed by atoms with Crippen LogP contribution >= 0.6 is 15.9 Å². The van der Waals surface area contributed by atoms with Gasteiger partial charge in [0.15, 0.2) is 17.5 Å². The van der Waals surface area contributed by atoms with Crippen molar-refractivity contribution in [3.8, 4) is 11.5 Å². The summed E-state index contributed by atoms with van der Waals surface area (Å²) < 4.78 is 11.5. The largest absolute Gasteiger partial charge is 0.493 e. The molecule has 2 N–H and O–H groups in total. The van der Waals surface area contributed by atoms with Gasteiger partial charge in [-0.1, -0.05) is 6.92 Å². The van der Waals surface area contributed by atoms with Gasteiger partial charge in [0.05, 0.1) is 25.2 Å². The van der Waals surface area contributed by atoms with E-state index in [1.54, 1.807) is 14.2 Å². The molecule has 1 saturated heterocycles. The Balaban J connectivity index is 2.07. The molecule has 1 aliphatic heterocycles. The van der Waals surface area contributed by atoms with Crippen molar-refractivity contribution in [2.45, 2.75) is 26.3 Å². The lowest BCUT2D eigenvalue weighted by molar-refractivity contribution is 0.277. The summed E-state index contributed by atoms with van der Waals surface area (Å²) in [6, 6.07) is 3.91. The summed E-state index contributed by atoms with van der Waals surface area (Å²) >= 11 is 3.49. The molecule has 0 amide bonds. The minimum absolute atomic E-state index is 0.525. The Morgan fingerprint density at radius 1 is 1.32 bits per heavy atom. The molecule has 1 aromatic rings. The molecule has 5 nitrogen and oxygen atoms in total. The van der Waals surface area contributed by atoms with Gasteiger partial charge in [0, 0.05) is 13.1 Å². The van der Waals surface area contributed by atoms with E-state index in [0.29, 0.717) is 24.0 Å². The zero-order valence-corrected chi connectivity index (χ0v) is 15.0. The van der Waals surface area contributed by atoms with E-state index in [2.05, 4.69) is 32.7 Å². The Labute approximate surface area is 140 Å². The second-order valence-electron chi connectivity index (χ2n) is 5.66. The van der Waals surface area contributed by atoms with Crippen LogP contribution in [0.4, 0.5) is 0 Å². The average molecular weight is 370 g/mol. The maximum Gasteiger partial charge on any atom is 0.191 e. The summed E-state index contributed by atoms with van der Waals surface area (Å²) in [5.41, 5.74) is 7.14. The highest BCUT2D eigenvalue weighted by molar-refractivity contribution is 9.10. The van der Waals surface area contributed by atoms with Gasteiger partial charge in [-0.15, -0.1) is 0 Å². The number of halogens is 1. The van der Waals surface area contributed by atoms with Crippen molar-refractivity contribution in [1.82, 2.24) is 4.90 Å². The third-order valence-corrected chi connectivity index (χ3v) is 4.61. The van der Waals surface area contributed by atoms with Crippen LogP contribution in [-0.2, 0) is 6.54 Å². The van der Waals surface area contributed by atoms with Crippen LogP contribution in [0.5, 0.6) is 11.5 Å². The summed E-state index contributed by atoms with van der Waals surface area (Å²) in [6.07, 6.45) is 2.36. The summed E-state index contributed by atoms with van der Waals surface area (Å²) in [4.78, 5) is 6.68. The van der Waals surface area contributed by atoms with E-state index in [-0.39, 0.29) is 0 Å². The molecule has 0 spiro atoms. The fourth-order valence-corrected chi connectivity index (χ4v) is 3.22. The maximum atomic E-state index is 6.11. The van der Waals surface area contributed by atoms with Crippen LogP contribution < -0.4 is 15.2 Å². The first-order valence-corrected chi connectivity index (χ1v) is 8.29. The molecule has 1 aliphatic rings. The van der Waals surface area contributed by atoms with Gasteiger partial charge in [0.25, 0.3) is 0 Å². The molecule has 1 aromatic carbocycles. The number of likely N-dealkylation sites (tertiary alicyclic amines) is 1. The van der Waals surface area contributed by atoms with Gasteiger partial charge in [0.2, 0.25) is 0 Å². The Bertz CT molecular complexity index is 540.